The molecule has 18 heavy (non-hydrogen) atoms. The van der Waals surface area contributed by atoms with E-state index < -0.39 is 6.10 Å². The third-order valence-electron chi connectivity index (χ3n) is 3.22. The average Bonchev–Trinajstić information content (AvgIpc) is 2.35. The quantitative estimate of drug-likeness (QED) is 0.878. The first kappa shape index (κ1) is 13.7. The van der Waals surface area contributed by atoms with Crippen molar-refractivity contribution in [3.05, 3.63) is 33.8 Å². The summed E-state index contributed by atoms with van der Waals surface area (Å²) in [5, 5.41) is 13.5. The molecular formula is C13H15Cl2NO2. The first-order chi connectivity index (χ1) is 8.58. The molecule has 1 aliphatic rings. The number of hydrogen-bond donors (Lipinski definition) is 2. The number of rotatable bonds is 2. The van der Waals surface area contributed by atoms with Gasteiger partial charge in [0.1, 0.15) is 0 Å². The molecule has 2 atom stereocenters. The summed E-state index contributed by atoms with van der Waals surface area (Å²) in [7, 11) is 0. The van der Waals surface area contributed by atoms with Crippen LogP contribution in [0, 0.1) is 0 Å². The maximum Gasteiger partial charge on any atom is 0.253 e. The second-order valence-electron chi connectivity index (χ2n) is 4.56. The maximum atomic E-state index is 12.1. The molecule has 1 aromatic carbocycles. The van der Waals surface area contributed by atoms with Crippen molar-refractivity contribution in [3.63, 3.8) is 0 Å². The molecule has 98 valence electrons. The lowest BCUT2D eigenvalue weighted by molar-refractivity contribution is 0.0717. The summed E-state index contributed by atoms with van der Waals surface area (Å²) in [5.41, 5.74) is 0.349. The standard InChI is InChI=1S/C13H15Cl2NO2/c14-8-5-6-10(15)9(7-8)13(18)16-11-3-1-2-4-12(11)17/h5-7,11-12,17H,1-4H2,(H,16,18)/t11-,12-/m0/s1. The van der Waals surface area contributed by atoms with E-state index >= 15 is 0 Å². The SMILES string of the molecule is O=C(N[C@H]1CCCC[C@@H]1O)c1cc(Cl)ccc1Cl. The monoisotopic (exact) mass is 287 g/mol. The Hall–Kier alpha value is -0.770. The van der Waals surface area contributed by atoms with Gasteiger partial charge in [-0.05, 0) is 31.0 Å². The highest BCUT2D eigenvalue weighted by atomic mass is 35.5. The van der Waals surface area contributed by atoms with Gasteiger partial charge in [0.15, 0.2) is 0 Å². The molecule has 0 unspecified atom stereocenters. The minimum atomic E-state index is -0.472. The summed E-state index contributed by atoms with van der Waals surface area (Å²) in [6, 6.07) is 4.57. The summed E-state index contributed by atoms with van der Waals surface area (Å²) >= 11 is 11.8. The Morgan fingerprint density at radius 3 is 2.72 bits per heavy atom. The van der Waals surface area contributed by atoms with E-state index in [1.54, 1.807) is 12.1 Å². The predicted octanol–water partition coefficient (Wildman–Crippen LogP) is 3.03. The fourth-order valence-electron chi connectivity index (χ4n) is 2.20. The minimum Gasteiger partial charge on any atom is -0.391 e. The molecule has 1 saturated carbocycles. The zero-order valence-corrected chi connectivity index (χ0v) is 11.3. The number of carbonyl (C=O) groups excluding carboxylic acids is 1. The van der Waals surface area contributed by atoms with Crippen molar-refractivity contribution in [1.29, 1.82) is 0 Å². The number of nitrogens with one attached hydrogen (secondary N) is 1. The van der Waals surface area contributed by atoms with Gasteiger partial charge in [-0.25, -0.2) is 0 Å². The van der Waals surface area contributed by atoms with Gasteiger partial charge >= 0.3 is 0 Å². The fourth-order valence-corrected chi connectivity index (χ4v) is 2.57. The summed E-state index contributed by atoms with van der Waals surface area (Å²) in [6.45, 7) is 0. The van der Waals surface area contributed by atoms with E-state index in [4.69, 9.17) is 23.2 Å². The van der Waals surface area contributed by atoms with Crippen LogP contribution in [0.15, 0.2) is 18.2 Å². The molecule has 1 aliphatic carbocycles. The van der Waals surface area contributed by atoms with Crippen molar-refractivity contribution in [2.24, 2.45) is 0 Å². The maximum absolute atomic E-state index is 12.1. The molecule has 0 spiro atoms. The Labute approximate surface area is 116 Å². The molecule has 1 amide bonds. The Morgan fingerprint density at radius 2 is 2.00 bits per heavy atom. The van der Waals surface area contributed by atoms with Crippen LogP contribution in [0.1, 0.15) is 36.0 Å². The zero-order valence-electron chi connectivity index (χ0n) is 9.83. The molecule has 0 radical (unpaired) electrons. The van der Waals surface area contributed by atoms with Gasteiger partial charge in [0.05, 0.1) is 22.7 Å². The first-order valence-corrected chi connectivity index (χ1v) is 6.77. The van der Waals surface area contributed by atoms with Crippen molar-refractivity contribution < 1.29 is 9.90 Å². The van der Waals surface area contributed by atoms with Gasteiger partial charge in [-0.1, -0.05) is 36.0 Å². The molecule has 0 aliphatic heterocycles. The zero-order chi connectivity index (χ0) is 13.1. The van der Waals surface area contributed by atoms with Crippen LogP contribution in [-0.2, 0) is 0 Å². The van der Waals surface area contributed by atoms with Crippen LogP contribution in [0.4, 0.5) is 0 Å². The highest BCUT2D eigenvalue weighted by Crippen LogP contribution is 2.22. The number of benzene rings is 1. The van der Waals surface area contributed by atoms with Gasteiger partial charge < -0.3 is 10.4 Å². The normalized spacial score (nSPS) is 23.7. The van der Waals surface area contributed by atoms with E-state index in [9.17, 15) is 9.90 Å². The Kier molecular flexibility index (Phi) is 4.49. The van der Waals surface area contributed by atoms with Crippen molar-refractivity contribution in [2.45, 2.75) is 37.8 Å². The molecule has 1 fully saturated rings. The van der Waals surface area contributed by atoms with Crippen LogP contribution >= 0.6 is 23.2 Å². The summed E-state index contributed by atoms with van der Waals surface area (Å²) in [5.74, 6) is -0.284. The van der Waals surface area contributed by atoms with Gasteiger partial charge in [-0.15, -0.1) is 0 Å². The molecule has 3 nitrogen and oxygen atoms in total. The highest BCUT2D eigenvalue weighted by Gasteiger charge is 2.25. The van der Waals surface area contributed by atoms with Gasteiger partial charge in [-0.2, -0.15) is 0 Å². The second kappa shape index (κ2) is 5.91. The van der Waals surface area contributed by atoms with E-state index in [2.05, 4.69) is 5.32 Å². The van der Waals surface area contributed by atoms with Crippen LogP contribution in [0.3, 0.4) is 0 Å². The van der Waals surface area contributed by atoms with Crippen molar-refractivity contribution >= 4 is 29.1 Å². The van der Waals surface area contributed by atoms with E-state index in [1.807, 2.05) is 0 Å². The van der Waals surface area contributed by atoms with E-state index in [1.165, 1.54) is 6.07 Å². The molecule has 0 heterocycles. The van der Waals surface area contributed by atoms with E-state index in [-0.39, 0.29) is 11.9 Å². The van der Waals surface area contributed by atoms with Crippen LogP contribution in [0.25, 0.3) is 0 Å². The highest BCUT2D eigenvalue weighted by molar-refractivity contribution is 6.35. The third kappa shape index (κ3) is 3.16. The smallest absolute Gasteiger partial charge is 0.253 e. The molecule has 1 aromatic rings. The van der Waals surface area contributed by atoms with Crippen molar-refractivity contribution in [2.75, 3.05) is 0 Å². The number of aliphatic hydroxyl groups excluding tert-OH is 1. The number of halogens is 2. The number of hydrogen-bond acceptors (Lipinski definition) is 2. The minimum absolute atomic E-state index is 0.193. The first-order valence-electron chi connectivity index (χ1n) is 6.02. The largest absolute Gasteiger partial charge is 0.391 e. The molecule has 2 rings (SSSR count). The molecule has 2 N–H and O–H groups in total. The number of amides is 1. The lowest BCUT2D eigenvalue weighted by atomic mass is 9.92. The van der Waals surface area contributed by atoms with Crippen LogP contribution < -0.4 is 5.32 Å². The fraction of sp³-hybridized carbons (Fsp3) is 0.462. The van der Waals surface area contributed by atoms with Gasteiger partial charge in [-0.3, -0.25) is 4.79 Å². The summed E-state index contributed by atoms with van der Waals surface area (Å²) in [4.78, 5) is 12.1. The number of aliphatic hydroxyl groups is 1. The van der Waals surface area contributed by atoms with Crippen LogP contribution in [0.5, 0.6) is 0 Å². The topological polar surface area (TPSA) is 49.3 Å². The Balaban J connectivity index is 2.09. The number of carbonyl (C=O) groups is 1. The molecule has 5 heteroatoms. The average molecular weight is 288 g/mol. The van der Waals surface area contributed by atoms with Crippen molar-refractivity contribution in [1.82, 2.24) is 5.32 Å². The molecular weight excluding hydrogens is 273 g/mol. The summed E-state index contributed by atoms with van der Waals surface area (Å²) in [6.07, 6.45) is 3.08. The van der Waals surface area contributed by atoms with Crippen LogP contribution in [0.2, 0.25) is 10.0 Å². The van der Waals surface area contributed by atoms with Gasteiger partial charge in [0.25, 0.3) is 5.91 Å². The van der Waals surface area contributed by atoms with Gasteiger partial charge in [0.2, 0.25) is 0 Å². The lowest BCUT2D eigenvalue weighted by Crippen LogP contribution is -2.45. The summed E-state index contributed by atoms with van der Waals surface area (Å²) < 4.78 is 0. The lowest BCUT2D eigenvalue weighted by Gasteiger charge is -2.28. The Morgan fingerprint density at radius 1 is 1.28 bits per heavy atom. The molecule has 0 bridgehead atoms. The van der Waals surface area contributed by atoms with Crippen LogP contribution in [-0.4, -0.2) is 23.2 Å². The second-order valence-corrected chi connectivity index (χ2v) is 5.40. The molecule has 0 saturated heterocycles. The molecule has 0 aromatic heterocycles. The van der Waals surface area contributed by atoms with E-state index in [0.29, 0.717) is 15.6 Å². The van der Waals surface area contributed by atoms with E-state index in [0.717, 1.165) is 25.7 Å². The third-order valence-corrected chi connectivity index (χ3v) is 3.78. The predicted molar refractivity (Wildman–Crippen MR) is 72.2 cm³/mol. The van der Waals surface area contributed by atoms with Crippen molar-refractivity contribution in [3.8, 4) is 0 Å². The van der Waals surface area contributed by atoms with Gasteiger partial charge in [0, 0.05) is 5.02 Å². The Bertz CT molecular complexity index is 451.